The van der Waals surface area contributed by atoms with E-state index in [1.807, 2.05) is 0 Å². The van der Waals surface area contributed by atoms with Crippen molar-refractivity contribution in [2.45, 2.75) is 26.8 Å². The summed E-state index contributed by atoms with van der Waals surface area (Å²) in [6.07, 6.45) is 0. The summed E-state index contributed by atoms with van der Waals surface area (Å²) in [5.41, 5.74) is 5.27. The Morgan fingerprint density at radius 2 is 1.93 bits per heavy atom. The van der Waals surface area contributed by atoms with Crippen molar-refractivity contribution in [3.8, 4) is 0 Å². The maximum Gasteiger partial charge on any atom is 0.279 e. The zero-order chi connectivity index (χ0) is 12.2. The largest absolute Gasteiger partial charge is 0.387 e. The van der Waals surface area contributed by atoms with E-state index in [4.69, 9.17) is 11.1 Å². The summed E-state index contributed by atoms with van der Waals surface area (Å²) in [7, 11) is -1.99. The van der Waals surface area contributed by atoms with E-state index >= 15 is 0 Å². The van der Waals surface area contributed by atoms with Crippen molar-refractivity contribution >= 4 is 16.0 Å². The van der Waals surface area contributed by atoms with Gasteiger partial charge in [0.2, 0.25) is 0 Å². The van der Waals surface area contributed by atoms with Crippen molar-refractivity contribution in [1.29, 1.82) is 5.41 Å². The molecule has 90 valence electrons. The van der Waals surface area contributed by atoms with Crippen molar-refractivity contribution in [2.75, 3.05) is 13.6 Å². The van der Waals surface area contributed by atoms with E-state index in [0.29, 0.717) is 0 Å². The van der Waals surface area contributed by atoms with Crippen LogP contribution in [0.15, 0.2) is 0 Å². The molecule has 6 nitrogen and oxygen atoms in total. The Morgan fingerprint density at radius 3 is 2.27 bits per heavy atom. The average molecular weight is 236 g/mol. The van der Waals surface area contributed by atoms with E-state index in [9.17, 15) is 8.42 Å². The normalized spacial score (nSPS) is 14.5. The third-order valence-electron chi connectivity index (χ3n) is 1.86. The van der Waals surface area contributed by atoms with E-state index in [-0.39, 0.29) is 24.3 Å². The summed E-state index contributed by atoms with van der Waals surface area (Å²) in [6.45, 7) is 5.42. The molecule has 0 saturated carbocycles. The minimum absolute atomic E-state index is 0.0124. The molecule has 0 fully saturated rings. The highest BCUT2D eigenvalue weighted by Crippen LogP contribution is 2.02. The highest BCUT2D eigenvalue weighted by atomic mass is 32.2. The van der Waals surface area contributed by atoms with E-state index in [1.165, 1.54) is 11.4 Å². The molecule has 0 radical (unpaired) electrons. The number of nitrogens with one attached hydrogen (secondary N) is 2. The lowest BCUT2D eigenvalue weighted by Crippen LogP contribution is -2.44. The lowest BCUT2D eigenvalue weighted by atomic mass is 10.2. The van der Waals surface area contributed by atoms with E-state index in [1.54, 1.807) is 20.8 Å². The Labute approximate surface area is 91.5 Å². The van der Waals surface area contributed by atoms with Crippen LogP contribution >= 0.6 is 0 Å². The van der Waals surface area contributed by atoms with Gasteiger partial charge in [-0.2, -0.15) is 17.4 Å². The molecule has 0 heterocycles. The van der Waals surface area contributed by atoms with Crippen LogP contribution in [0.25, 0.3) is 0 Å². The van der Waals surface area contributed by atoms with Crippen LogP contribution in [0, 0.1) is 11.3 Å². The molecule has 1 atom stereocenters. The Balaban J connectivity index is 4.44. The van der Waals surface area contributed by atoms with Gasteiger partial charge < -0.3 is 5.73 Å². The fraction of sp³-hybridized carbons (Fsp3) is 0.875. The minimum Gasteiger partial charge on any atom is -0.387 e. The van der Waals surface area contributed by atoms with Gasteiger partial charge >= 0.3 is 0 Å². The lowest BCUT2D eigenvalue weighted by Gasteiger charge is -2.22. The van der Waals surface area contributed by atoms with Gasteiger partial charge in [-0.05, 0) is 13.8 Å². The molecule has 7 heteroatoms. The topological polar surface area (TPSA) is 99.3 Å². The zero-order valence-corrected chi connectivity index (χ0v) is 10.4. The van der Waals surface area contributed by atoms with Crippen LogP contribution < -0.4 is 10.5 Å². The van der Waals surface area contributed by atoms with Crippen molar-refractivity contribution < 1.29 is 8.42 Å². The number of nitrogens with zero attached hydrogens (tertiary/aromatic N) is 1. The van der Waals surface area contributed by atoms with Crippen LogP contribution in [-0.4, -0.2) is 38.2 Å². The van der Waals surface area contributed by atoms with Crippen molar-refractivity contribution in [3.05, 3.63) is 0 Å². The van der Waals surface area contributed by atoms with Gasteiger partial charge in [-0.25, -0.2) is 0 Å². The predicted molar refractivity (Wildman–Crippen MR) is 60.9 cm³/mol. The maximum atomic E-state index is 11.6. The third-order valence-corrected chi connectivity index (χ3v) is 3.60. The SMILES string of the molecule is CC(C)NS(=O)(=O)N(C)CC(C)C(=N)N. The van der Waals surface area contributed by atoms with E-state index < -0.39 is 10.2 Å². The second-order valence-electron chi connectivity index (χ2n) is 3.91. The Bertz CT molecular complexity index is 313. The van der Waals surface area contributed by atoms with Crippen LogP contribution in [0.4, 0.5) is 0 Å². The van der Waals surface area contributed by atoms with Gasteiger partial charge in [0.15, 0.2) is 0 Å². The van der Waals surface area contributed by atoms with Gasteiger partial charge in [0.25, 0.3) is 10.2 Å². The number of nitrogens with two attached hydrogens (primary N) is 1. The molecule has 0 aliphatic carbocycles. The molecule has 0 amide bonds. The first-order chi connectivity index (χ1) is 6.66. The molecule has 1 unspecified atom stereocenters. The van der Waals surface area contributed by atoms with E-state index in [2.05, 4.69) is 4.72 Å². The summed E-state index contributed by atoms with van der Waals surface area (Å²) >= 11 is 0. The second kappa shape index (κ2) is 5.43. The molecule has 4 N–H and O–H groups in total. The maximum absolute atomic E-state index is 11.6. The lowest BCUT2D eigenvalue weighted by molar-refractivity contribution is 0.429. The van der Waals surface area contributed by atoms with Gasteiger partial charge in [-0.1, -0.05) is 6.92 Å². The summed E-state index contributed by atoms with van der Waals surface area (Å²) in [5, 5.41) is 7.18. The summed E-state index contributed by atoms with van der Waals surface area (Å²) in [6, 6.07) is -0.148. The number of hydrogen-bond acceptors (Lipinski definition) is 3. The van der Waals surface area contributed by atoms with Crippen molar-refractivity contribution in [2.24, 2.45) is 11.7 Å². The average Bonchev–Trinajstić information content (AvgIpc) is 2.01. The Hall–Kier alpha value is -0.660. The minimum atomic E-state index is -3.46. The van der Waals surface area contributed by atoms with Gasteiger partial charge in [-0.15, -0.1) is 0 Å². The van der Waals surface area contributed by atoms with Gasteiger partial charge in [-0.3, -0.25) is 5.41 Å². The van der Waals surface area contributed by atoms with E-state index in [0.717, 1.165) is 0 Å². The fourth-order valence-electron chi connectivity index (χ4n) is 0.970. The first-order valence-corrected chi connectivity index (χ1v) is 6.18. The molecule has 0 bridgehead atoms. The van der Waals surface area contributed by atoms with Gasteiger partial charge in [0.1, 0.15) is 0 Å². The number of amidine groups is 1. The summed E-state index contributed by atoms with van der Waals surface area (Å²) in [5.74, 6) is -0.291. The molecule has 0 aliphatic heterocycles. The highest BCUT2D eigenvalue weighted by Gasteiger charge is 2.21. The monoisotopic (exact) mass is 236 g/mol. The third kappa shape index (κ3) is 5.10. The molecule has 0 spiro atoms. The van der Waals surface area contributed by atoms with Crippen LogP contribution in [-0.2, 0) is 10.2 Å². The predicted octanol–water partition coefficient (Wildman–Crippen LogP) is -0.267. The standard InChI is InChI=1S/C8H20N4O2S/c1-6(2)11-15(13,14)12(4)5-7(3)8(9)10/h6-7,11H,5H2,1-4H3,(H3,9,10). The molecule has 0 aromatic rings. The summed E-state index contributed by atoms with van der Waals surface area (Å²) in [4.78, 5) is 0. The van der Waals surface area contributed by atoms with Crippen LogP contribution in [0.2, 0.25) is 0 Å². The van der Waals surface area contributed by atoms with Crippen molar-refractivity contribution in [1.82, 2.24) is 9.03 Å². The van der Waals surface area contributed by atoms with Gasteiger partial charge in [0.05, 0.1) is 5.84 Å². The van der Waals surface area contributed by atoms with Crippen LogP contribution in [0.3, 0.4) is 0 Å². The zero-order valence-electron chi connectivity index (χ0n) is 9.61. The molecule has 0 aromatic heterocycles. The quantitative estimate of drug-likeness (QED) is 0.437. The number of rotatable bonds is 6. The Morgan fingerprint density at radius 1 is 1.47 bits per heavy atom. The molecule has 0 rings (SSSR count). The first kappa shape index (κ1) is 14.3. The molecule has 15 heavy (non-hydrogen) atoms. The Kier molecular flexibility index (Phi) is 5.19. The molecule has 0 aromatic carbocycles. The fourth-order valence-corrected chi connectivity index (χ4v) is 2.17. The summed E-state index contributed by atoms with van der Waals surface area (Å²) < 4.78 is 26.8. The molecule has 0 saturated heterocycles. The van der Waals surface area contributed by atoms with Crippen LogP contribution in [0.5, 0.6) is 0 Å². The molecule has 0 aliphatic rings. The van der Waals surface area contributed by atoms with Crippen molar-refractivity contribution in [3.63, 3.8) is 0 Å². The first-order valence-electron chi connectivity index (χ1n) is 4.74. The highest BCUT2D eigenvalue weighted by molar-refractivity contribution is 7.87. The number of hydrogen-bond donors (Lipinski definition) is 3. The molecular formula is C8H20N4O2S. The van der Waals surface area contributed by atoms with Crippen LogP contribution in [0.1, 0.15) is 20.8 Å². The smallest absolute Gasteiger partial charge is 0.279 e. The van der Waals surface area contributed by atoms with Gasteiger partial charge in [0, 0.05) is 25.6 Å². The molecular weight excluding hydrogens is 216 g/mol. The second-order valence-corrected chi connectivity index (χ2v) is 5.72.